The van der Waals surface area contributed by atoms with Gasteiger partial charge in [0.1, 0.15) is 11.4 Å². The number of aromatic nitrogens is 4. The van der Waals surface area contributed by atoms with Crippen LogP contribution in [0.25, 0.3) is 11.4 Å². The molecule has 2 fully saturated rings. The van der Waals surface area contributed by atoms with E-state index in [1.165, 1.54) is 0 Å². The molecule has 33 heavy (non-hydrogen) atoms. The summed E-state index contributed by atoms with van der Waals surface area (Å²) in [5.41, 5.74) is 1.49. The van der Waals surface area contributed by atoms with Crippen LogP contribution in [0.2, 0.25) is 0 Å². The molecule has 0 bridgehead atoms. The number of benzene rings is 1. The first-order valence-electron chi connectivity index (χ1n) is 11.5. The molecule has 10 heteroatoms. The van der Waals surface area contributed by atoms with Gasteiger partial charge in [-0.2, -0.15) is 9.97 Å². The van der Waals surface area contributed by atoms with Gasteiger partial charge in [-0.05, 0) is 36.9 Å². The lowest BCUT2D eigenvalue weighted by atomic mass is 9.97. The fourth-order valence-electron chi connectivity index (χ4n) is 4.57. The summed E-state index contributed by atoms with van der Waals surface area (Å²) in [7, 11) is 0. The highest BCUT2D eigenvalue weighted by Gasteiger charge is 2.45. The molecule has 0 spiro atoms. The van der Waals surface area contributed by atoms with Crippen LogP contribution < -0.4 is 10.2 Å². The smallest absolute Gasteiger partial charge is 0.230 e. The van der Waals surface area contributed by atoms with E-state index in [4.69, 9.17) is 14.5 Å². The Labute approximate surface area is 194 Å². The molecule has 1 aromatic carbocycles. The molecule has 3 aromatic rings. The summed E-state index contributed by atoms with van der Waals surface area (Å²) >= 11 is -1.09. The van der Waals surface area contributed by atoms with Gasteiger partial charge >= 0.3 is 0 Å². The number of hydrogen-bond donors (Lipinski definition) is 2. The van der Waals surface area contributed by atoms with Crippen LogP contribution in [0.3, 0.4) is 0 Å². The highest BCUT2D eigenvalue weighted by atomic mass is 32.2. The highest BCUT2D eigenvalue weighted by molar-refractivity contribution is 7.91. The fraction of sp³-hybridized carbons (Fsp3) is 0.478. The van der Waals surface area contributed by atoms with Crippen LogP contribution >= 0.6 is 0 Å². The molecule has 0 amide bonds. The summed E-state index contributed by atoms with van der Waals surface area (Å²) in [5.74, 6) is 3.38. The maximum absolute atomic E-state index is 12.6. The van der Waals surface area contributed by atoms with Crippen LogP contribution in [-0.4, -0.2) is 60.8 Å². The molecule has 2 aromatic heterocycles. The van der Waals surface area contributed by atoms with Crippen molar-refractivity contribution < 1.29 is 14.2 Å². The normalized spacial score (nSPS) is 21.8. The van der Waals surface area contributed by atoms with Crippen molar-refractivity contribution in [2.75, 3.05) is 35.7 Å². The lowest BCUT2D eigenvalue weighted by Gasteiger charge is -2.31. The van der Waals surface area contributed by atoms with Crippen LogP contribution in [0.5, 0.6) is 0 Å². The molecule has 3 aliphatic rings. The zero-order chi connectivity index (χ0) is 22.4. The van der Waals surface area contributed by atoms with Gasteiger partial charge < -0.3 is 24.4 Å². The average Bonchev–Trinajstić information content (AvgIpc) is 3.27. The quantitative estimate of drug-likeness (QED) is 0.527. The SMILES string of the molecule is [O-][S+]1CCc2nc(N3CCC(c4nc(-c5ccccc5)no4)CC3)nc(NC3(CO)CC3)c21. The second-order valence-electron chi connectivity index (χ2n) is 9.09. The van der Waals surface area contributed by atoms with Crippen LogP contribution in [-0.2, 0) is 17.6 Å². The zero-order valence-corrected chi connectivity index (χ0v) is 19.1. The Morgan fingerprint density at radius 1 is 1.15 bits per heavy atom. The van der Waals surface area contributed by atoms with Gasteiger partial charge in [-0.15, -0.1) is 0 Å². The number of hydrogen-bond acceptors (Lipinski definition) is 9. The Hall–Kier alpha value is -2.69. The van der Waals surface area contributed by atoms with Crippen molar-refractivity contribution in [1.82, 2.24) is 20.1 Å². The third-order valence-corrected chi connectivity index (χ3v) is 8.28. The number of aryl methyl sites for hydroxylation is 1. The standard InChI is InChI=1S/C23H26N6O3S/c30-14-23(9-10-23)27-20-18-17(8-13-33(18)31)24-22(26-20)29-11-6-16(7-12-29)21-25-19(28-32-21)15-4-2-1-3-5-15/h1-5,16,30H,6-14H2,(H,24,26,27). The van der Waals surface area contributed by atoms with Crippen LogP contribution in [0.15, 0.2) is 39.8 Å². The first-order valence-corrected chi connectivity index (χ1v) is 12.8. The maximum atomic E-state index is 12.6. The summed E-state index contributed by atoms with van der Waals surface area (Å²) in [6, 6.07) is 9.84. The number of aliphatic hydroxyl groups excluding tert-OH is 1. The van der Waals surface area contributed by atoms with Crippen molar-refractivity contribution in [3.05, 3.63) is 41.9 Å². The predicted molar refractivity (Wildman–Crippen MR) is 124 cm³/mol. The van der Waals surface area contributed by atoms with Crippen LogP contribution in [0.1, 0.15) is 43.2 Å². The second-order valence-corrected chi connectivity index (χ2v) is 10.6. The van der Waals surface area contributed by atoms with Gasteiger partial charge in [0.15, 0.2) is 5.82 Å². The Morgan fingerprint density at radius 2 is 1.94 bits per heavy atom. The second kappa shape index (κ2) is 8.27. The molecular weight excluding hydrogens is 440 g/mol. The minimum atomic E-state index is -1.09. The number of nitrogens with zero attached hydrogens (tertiary/aromatic N) is 5. The molecule has 1 atom stereocenters. The van der Waals surface area contributed by atoms with Crippen molar-refractivity contribution in [3.63, 3.8) is 0 Å². The number of piperidine rings is 1. The van der Waals surface area contributed by atoms with E-state index < -0.39 is 11.2 Å². The summed E-state index contributed by atoms with van der Waals surface area (Å²) in [5, 5.41) is 17.3. The summed E-state index contributed by atoms with van der Waals surface area (Å²) < 4.78 is 18.2. The molecule has 1 unspecified atom stereocenters. The summed E-state index contributed by atoms with van der Waals surface area (Å²) in [6.45, 7) is 1.61. The monoisotopic (exact) mass is 466 g/mol. The maximum Gasteiger partial charge on any atom is 0.230 e. The third kappa shape index (κ3) is 3.96. The largest absolute Gasteiger partial charge is 0.611 e. The number of rotatable bonds is 6. The summed E-state index contributed by atoms with van der Waals surface area (Å²) in [4.78, 5) is 17.1. The zero-order valence-electron chi connectivity index (χ0n) is 18.2. The van der Waals surface area contributed by atoms with Crippen LogP contribution in [0.4, 0.5) is 11.8 Å². The number of anilines is 2. The van der Waals surface area contributed by atoms with Crippen molar-refractivity contribution >= 4 is 22.9 Å². The number of fused-ring (bicyclic) bond motifs is 1. The van der Waals surface area contributed by atoms with E-state index in [0.29, 0.717) is 40.6 Å². The van der Waals surface area contributed by atoms with Crippen LogP contribution in [0, 0.1) is 0 Å². The molecule has 0 radical (unpaired) electrons. The highest BCUT2D eigenvalue weighted by Crippen LogP contribution is 2.42. The van der Waals surface area contributed by atoms with E-state index in [2.05, 4.69) is 20.4 Å². The molecule has 2 aliphatic heterocycles. The molecular formula is C23H26N6O3S. The number of aliphatic hydroxyl groups is 1. The molecule has 172 valence electrons. The Kier molecular flexibility index (Phi) is 5.23. The van der Waals surface area contributed by atoms with E-state index >= 15 is 0 Å². The molecule has 1 aliphatic carbocycles. The van der Waals surface area contributed by atoms with Gasteiger partial charge in [-0.1, -0.05) is 35.5 Å². The van der Waals surface area contributed by atoms with Crippen molar-refractivity contribution in [3.8, 4) is 11.4 Å². The lowest BCUT2D eigenvalue weighted by molar-refractivity contribution is 0.265. The average molecular weight is 467 g/mol. The van der Waals surface area contributed by atoms with Gasteiger partial charge in [0, 0.05) is 31.0 Å². The van der Waals surface area contributed by atoms with Gasteiger partial charge in [0.05, 0.1) is 12.1 Å². The van der Waals surface area contributed by atoms with E-state index in [9.17, 15) is 9.66 Å². The van der Waals surface area contributed by atoms with E-state index in [1.54, 1.807) is 0 Å². The van der Waals surface area contributed by atoms with Gasteiger partial charge in [0.25, 0.3) is 0 Å². The Morgan fingerprint density at radius 3 is 2.67 bits per heavy atom. The summed E-state index contributed by atoms with van der Waals surface area (Å²) in [6.07, 6.45) is 4.22. The molecule has 1 saturated heterocycles. The van der Waals surface area contributed by atoms with Crippen molar-refractivity contribution in [2.24, 2.45) is 0 Å². The Bertz CT molecular complexity index is 1140. The third-order valence-electron chi connectivity index (χ3n) is 6.82. The Balaban J connectivity index is 1.18. The molecule has 6 rings (SSSR count). The molecule has 1 saturated carbocycles. The molecule has 4 heterocycles. The fourth-order valence-corrected chi connectivity index (χ4v) is 5.87. The van der Waals surface area contributed by atoms with Crippen molar-refractivity contribution in [2.45, 2.75) is 48.5 Å². The van der Waals surface area contributed by atoms with E-state index in [0.717, 1.165) is 50.0 Å². The van der Waals surface area contributed by atoms with E-state index in [1.807, 2.05) is 30.3 Å². The van der Waals surface area contributed by atoms with Crippen molar-refractivity contribution in [1.29, 1.82) is 0 Å². The minimum Gasteiger partial charge on any atom is -0.611 e. The predicted octanol–water partition coefficient (Wildman–Crippen LogP) is 2.51. The number of nitrogens with one attached hydrogen (secondary N) is 1. The first-order chi connectivity index (χ1) is 16.1. The first kappa shape index (κ1) is 20.9. The topological polar surface area (TPSA) is 123 Å². The lowest BCUT2D eigenvalue weighted by Crippen LogP contribution is -2.35. The van der Waals surface area contributed by atoms with Gasteiger partial charge in [-0.25, -0.2) is 4.98 Å². The minimum absolute atomic E-state index is 0.0499. The van der Waals surface area contributed by atoms with E-state index in [-0.39, 0.29) is 18.1 Å². The van der Waals surface area contributed by atoms with Gasteiger partial charge in [-0.3, -0.25) is 0 Å². The molecule has 9 nitrogen and oxygen atoms in total. The van der Waals surface area contributed by atoms with Gasteiger partial charge in [0.2, 0.25) is 22.6 Å². The molecule has 2 N–H and O–H groups in total.